The Hall–Kier alpha value is -3.65. The summed E-state index contributed by atoms with van der Waals surface area (Å²) in [7, 11) is 3.11. The van der Waals surface area contributed by atoms with Crippen molar-refractivity contribution < 1.29 is 24.2 Å². The van der Waals surface area contributed by atoms with Crippen molar-refractivity contribution in [2.24, 2.45) is 5.10 Å². The molecule has 8 nitrogen and oxygen atoms in total. The van der Waals surface area contributed by atoms with E-state index in [4.69, 9.17) is 26.2 Å². The maximum Gasteiger partial charge on any atom is 0.303 e. The van der Waals surface area contributed by atoms with Crippen molar-refractivity contribution in [2.45, 2.75) is 31.7 Å². The van der Waals surface area contributed by atoms with Crippen LogP contribution in [0.2, 0.25) is 5.15 Å². The van der Waals surface area contributed by atoms with Gasteiger partial charge in [-0.25, -0.2) is 9.99 Å². The van der Waals surface area contributed by atoms with Crippen LogP contribution >= 0.6 is 11.6 Å². The molecule has 4 rings (SSSR count). The van der Waals surface area contributed by atoms with Crippen LogP contribution in [-0.4, -0.2) is 46.9 Å². The fraction of sp³-hybridized carbons (Fsp3) is 0.280. The van der Waals surface area contributed by atoms with Crippen molar-refractivity contribution in [3.05, 3.63) is 64.8 Å². The van der Waals surface area contributed by atoms with Crippen LogP contribution in [0.3, 0.4) is 0 Å². The molecule has 1 aromatic heterocycles. The molecular weight excluding hydrogens is 458 g/mol. The molecule has 1 aliphatic heterocycles. The predicted molar refractivity (Wildman–Crippen MR) is 129 cm³/mol. The summed E-state index contributed by atoms with van der Waals surface area (Å²) < 4.78 is 10.8. The standard InChI is InChI=1S/C25H24ClN3O5/c1-33-21-12-16-11-17(25(26)27-18(16)14-22(21)34-2)20-13-19(15-7-4-3-5-8-15)28-29(20)23(30)9-6-10-24(31)32/h3-5,7-8,11-12,14,20H,6,9-10,13H2,1-2H3,(H,31,32)/t20-/m0/s1. The summed E-state index contributed by atoms with van der Waals surface area (Å²) in [5.74, 6) is -0.109. The van der Waals surface area contributed by atoms with Gasteiger partial charge in [-0.15, -0.1) is 0 Å². The van der Waals surface area contributed by atoms with Gasteiger partial charge in [-0.2, -0.15) is 5.10 Å². The number of carbonyl (C=O) groups excluding carboxylic acids is 1. The molecule has 34 heavy (non-hydrogen) atoms. The van der Waals surface area contributed by atoms with E-state index in [2.05, 4.69) is 10.1 Å². The highest BCUT2D eigenvalue weighted by Crippen LogP contribution is 2.39. The second-order valence-electron chi connectivity index (χ2n) is 7.89. The number of carboxylic acids is 1. The summed E-state index contributed by atoms with van der Waals surface area (Å²) in [4.78, 5) is 28.5. The number of methoxy groups -OCH3 is 2. The number of benzene rings is 2. The minimum Gasteiger partial charge on any atom is -0.493 e. The number of hydrogen-bond acceptors (Lipinski definition) is 6. The van der Waals surface area contributed by atoms with Gasteiger partial charge in [0.15, 0.2) is 11.5 Å². The van der Waals surface area contributed by atoms with Gasteiger partial charge in [0.2, 0.25) is 5.91 Å². The van der Waals surface area contributed by atoms with Crippen LogP contribution < -0.4 is 9.47 Å². The Morgan fingerprint density at radius 3 is 2.47 bits per heavy atom. The summed E-state index contributed by atoms with van der Waals surface area (Å²) >= 11 is 6.61. The van der Waals surface area contributed by atoms with Crippen molar-refractivity contribution in [3.63, 3.8) is 0 Å². The van der Waals surface area contributed by atoms with E-state index in [0.29, 0.717) is 29.0 Å². The Balaban J connectivity index is 1.73. The average Bonchev–Trinajstić information content (AvgIpc) is 3.28. The molecule has 0 saturated carbocycles. The van der Waals surface area contributed by atoms with Crippen LogP contribution in [0.25, 0.3) is 10.9 Å². The second kappa shape index (κ2) is 10.1. The van der Waals surface area contributed by atoms with Crippen molar-refractivity contribution in [1.82, 2.24) is 9.99 Å². The highest BCUT2D eigenvalue weighted by Gasteiger charge is 2.34. The largest absolute Gasteiger partial charge is 0.493 e. The van der Waals surface area contributed by atoms with Gasteiger partial charge in [0.1, 0.15) is 5.15 Å². The van der Waals surface area contributed by atoms with Crippen molar-refractivity contribution in [2.75, 3.05) is 14.2 Å². The molecule has 1 aliphatic rings. The molecule has 3 aromatic rings. The first-order valence-corrected chi connectivity index (χ1v) is 11.2. The second-order valence-corrected chi connectivity index (χ2v) is 8.24. The first-order chi connectivity index (χ1) is 16.4. The summed E-state index contributed by atoms with van der Waals surface area (Å²) in [6.07, 6.45) is 0.667. The third-order valence-electron chi connectivity index (χ3n) is 5.71. The molecule has 2 heterocycles. The first kappa shape index (κ1) is 23.5. The van der Waals surface area contributed by atoms with Crippen molar-refractivity contribution >= 4 is 40.1 Å². The Kier molecular flexibility index (Phi) is 6.98. The molecular formula is C25H24ClN3O5. The van der Waals surface area contributed by atoms with Crippen LogP contribution in [0.1, 0.15) is 42.9 Å². The number of ether oxygens (including phenoxy) is 2. The normalized spacial score (nSPS) is 15.3. The molecule has 0 spiro atoms. The summed E-state index contributed by atoms with van der Waals surface area (Å²) in [5.41, 5.74) is 2.95. The average molecular weight is 482 g/mol. The monoisotopic (exact) mass is 481 g/mol. The number of halogens is 1. The van der Waals surface area contributed by atoms with Gasteiger partial charge in [-0.3, -0.25) is 9.59 Å². The van der Waals surface area contributed by atoms with Gasteiger partial charge in [0.05, 0.1) is 31.5 Å². The smallest absolute Gasteiger partial charge is 0.303 e. The number of aliphatic carboxylic acids is 1. The first-order valence-electron chi connectivity index (χ1n) is 10.8. The molecule has 0 bridgehead atoms. The third kappa shape index (κ3) is 4.82. The number of rotatable bonds is 8. The lowest BCUT2D eigenvalue weighted by Gasteiger charge is -2.23. The number of nitrogens with zero attached hydrogens (tertiary/aromatic N) is 3. The topological polar surface area (TPSA) is 101 Å². The SMILES string of the molecule is COc1cc2cc([C@@H]3CC(c4ccccc4)=NN3C(=O)CCCC(=O)O)c(Cl)nc2cc1OC. The number of hydrogen-bond donors (Lipinski definition) is 1. The fourth-order valence-electron chi connectivity index (χ4n) is 4.02. The zero-order valence-electron chi connectivity index (χ0n) is 18.8. The number of amides is 1. The van der Waals surface area contributed by atoms with E-state index < -0.39 is 12.0 Å². The van der Waals surface area contributed by atoms with Crippen LogP contribution in [0.15, 0.2) is 53.6 Å². The molecule has 2 aromatic carbocycles. The van der Waals surface area contributed by atoms with E-state index in [1.165, 1.54) is 5.01 Å². The van der Waals surface area contributed by atoms with E-state index in [9.17, 15) is 9.59 Å². The van der Waals surface area contributed by atoms with Crippen molar-refractivity contribution in [3.8, 4) is 11.5 Å². The summed E-state index contributed by atoms with van der Waals surface area (Å²) in [5, 5.41) is 16.0. The molecule has 1 atom stereocenters. The molecule has 1 amide bonds. The molecule has 0 radical (unpaired) electrons. The Labute approximate surface area is 201 Å². The van der Waals surface area contributed by atoms with Gasteiger partial charge in [0, 0.05) is 36.3 Å². The van der Waals surface area contributed by atoms with Gasteiger partial charge in [-0.1, -0.05) is 41.9 Å². The third-order valence-corrected chi connectivity index (χ3v) is 6.02. The van der Waals surface area contributed by atoms with Crippen LogP contribution in [0.5, 0.6) is 11.5 Å². The van der Waals surface area contributed by atoms with E-state index in [0.717, 1.165) is 16.7 Å². The Bertz CT molecular complexity index is 1260. The summed E-state index contributed by atoms with van der Waals surface area (Å²) in [6, 6.07) is 14.6. The molecule has 0 saturated heterocycles. The predicted octanol–water partition coefficient (Wildman–Crippen LogP) is 4.84. The lowest BCUT2D eigenvalue weighted by molar-refractivity contribution is -0.137. The highest BCUT2D eigenvalue weighted by atomic mass is 35.5. The number of carbonyl (C=O) groups is 2. The Morgan fingerprint density at radius 2 is 1.79 bits per heavy atom. The minimum atomic E-state index is -0.939. The maximum atomic E-state index is 13.1. The van der Waals surface area contributed by atoms with Gasteiger partial charge in [-0.05, 0) is 24.1 Å². The molecule has 0 aliphatic carbocycles. The summed E-state index contributed by atoms with van der Waals surface area (Å²) in [6.45, 7) is 0. The maximum absolute atomic E-state index is 13.1. The lowest BCUT2D eigenvalue weighted by Crippen LogP contribution is -2.27. The van der Waals surface area contributed by atoms with Gasteiger partial charge < -0.3 is 14.6 Å². The van der Waals surface area contributed by atoms with E-state index in [1.54, 1.807) is 20.3 Å². The zero-order chi connectivity index (χ0) is 24.2. The van der Waals surface area contributed by atoms with Crippen LogP contribution in [0, 0.1) is 0 Å². The van der Waals surface area contributed by atoms with Crippen LogP contribution in [0.4, 0.5) is 0 Å². The highest BCUT2D eigenvalue weighted by molar-refractivity contribution is 6.30. The molecule has 9 heteroatoms. The zero-order valence-corrected chi connectivity index (χ0v) is 19.6. The van der Waals surface area contributed by atoms with Gasteiger partial charge >= 0.3 is 5.97 Å². The number of carboxylic acid groups (broad SMARTS) is 1. The fourth-order valence-corrected chi connectivity index (χ4v) is 4.29. The quantitative estimate of drug-likeness (QED) is 0.462. The molecule has 0 fully saturated rings. The molecule has 0 unspecified atom stereocenters. The van der Waals surface area contributed by atoms with E-state index in [1.807, 2.05) is 42.5 Å². The minimum absolute atomic E-state index is 0.0675. The number of pyridine rings is 1. The van der Waals surface area contributed by atoms with Crippen molar-refractivity contribution in [1.29, 1.82) is 0 Å². The molecule has 1 N–H and O–H groups in total. The number of hydrazone groups is 1. The molecule has 176 valence electrons. The van der Waals surface area contributed by atoms with Gasteiger partial charge in [0.25, 0.3) is 0 Å². The van der Waals surface area contributed by atoms with Crippen LogP contribution in [-0.2, 0) is 9.59 Å². The number of aromatic nitrogens is 1. The number of fused-ring (bicyclic) bond motifs is 1. The van der Waals surface area contributed by atoms with E-state index in [-0.39, 0.29) is 30.3 Å². The Morgan fingerprint density at radius 1 is 1.09 bits per heavy atom. The lowest BCUT2D eigenvalue weighted by atomic mass is 9.98. The van der Waals surface area contributed by atoms with E-state index >= 15 is 0 Å².